The van der Waals surface area contributed by atoms with Crippen LogP contribution < -0.4 is 37.7 Å². The van der Waals surface area contributed by atoms with Crippen LogP contribution in [0, 0.1) is 0 Å². The molecule has 15 heteroatoms. The molecule has 4 aromatic rings. The van der Waals surface area contributed by atoms with E-state index in [0.29, 0.717) is 42.8 Å². The highest BCUT2D eigenvalue weighted by atomic mass is 32.1. The topological polar surface area (TPSA) is 191 Å². The van der Waals surface area contributed by atoms with Gasteiger partial charge >= 0.3 is 0 Å². The number of rotatable bonds is 7. The Morgan fingerprint density at radius 2 is 1.98 bits per heavy atom. The number of primary amides is 1. The third kappa shape index (κ3) is 5.41. The van der Waals surface area contributed by atoms with Crippen LogP contribution in [0.3, 0.4) is 0 Å². The number of hydrogen-bond donors (Lipinski definition) is 5. The summed E-state index contributed by atoms with van der Waals surface area (Å²) in [5.74, 6) is 0.256. The fourth-order valence-corrected chi connectivity index (χ4v) is 7.62. The van der Waals surface area contributed by atoms with E-state index < -0.39 is 5.91 Å². The Hall–Kier alpha value is -3.79. The van der Waals surface area contributed by atoms with Crippen LogP contribution in [0.15, 0.2) is 27.9 Å². The summed E-state index contributed by atoms with van der Waals surface area (Å²) in [6.07, 6.45) is 8.89. The third-order valence-corrected chi connectivity index (χ3v) is 9.96. The van der Waals surface area contributed by atoms with Crippen molar-refractivity contribution in [1.29, 1.82) is 0 Å². The van der Waals surface area contributed by atoms with Crippen molar-refractivity contribution >= 4 is 49.9 Å². The highest BCUT2D eigenvalue weighted by molar-refractivity contribution is 7.22. The van der Waals surface area contributed by atoms with Crippen LogP contribution in [0.4, 0.5) is 16.8 Å². The van der Waals surface area contributed by atoms with Crippen LogP contribution in [-0.2, 0) is 4.74 Å². The van der Waals surface area contributed by atoms with Crippen LogP contribution in [-0.4, -0.2) is 76.5 Å². The number of ether oxygens (including phenoxy) is 1. The van der Waals surface area contributed by atoms with Crippen LogP contribution in [0.5, 0.6) is 0 Å². The minimum Gasteiger partial charge on any atom is -0.459 e. The Morgan fingerprint density at radius 3 is 2.74 bits per heavy atom. The van der Waals surface area contributed by atoms with E-state index in [9.17, 15) is 9.59 Å². The van der Waals surface area contributed by atoms with Crippen LogP contribution >= 0.6 is 11.3 Å². The van der Waals surface area contributed by atoms with E-state index in [2.05, 4.69) is 31.0 Å². The second-order valence-electron chi connectivity index (χ2n) is 11.5. The summed E-state index contributed by atoms with van der Waals surface area (Å²) in [4.78, 5) is 32.5. The zero-order chi connectivity index (χ0) is 29.5. The number of amides is 1. The lowest BCUT2D eigenvalue weighted by atomic mass is 9.91. The lowest BCUT2D eigenvalue weighted by molar-refractivity contribution is 0.100. The first-order chi connectivity index (χ1) is 21.0. The zero-order valence-electron chi connectivity index (χ0n) is 23.8. The number of carbonyl (C=O) groups is 1. The normalized spacial score (nSPS) is 24.8. The Morgan fingerprint density at radius 1 is 1.14 bits per heavy atom. The molecule has 1 amide bonds. The average Bonchev–Trinajstić information content (AvgIpc) is 3.67. The summed E-state index contributed by atoms with van der Waals surface area (Å²) in [7, 11) is 0. The van der Waals surface area contributed by atoms with Crippen molar-refractivity contribution in [3.05, 3.63) is 40.0 Å². The van der Waals surface area contributed by atoms with E-state index >= 15 is 0 Å². The van der Waals surface area contributed by atoms with E-state index in [-0.39, 0.29) is 35.2 Å². The first-order valence-electron chi connectivity index (χ1n) is 14.9. The number of carbonyl (C=O) groups excluding carboxylic acids is 1. The second-order valence-corrected chi connectivity index (χ2v) is 12.6. The molecule has 1 aliphatic carbocycles. The Labute approximate surface area is 251 Å². The Balaban J connectivity index is 1.11. The number of fused-ring (bicyclic) bond motifs is 2. The second kappa shape index (κ2) is 11.7. The molecule has 4 atom stereocenters. The monoisotopic (exact) mass is 608 g/mol. The molecule has 7 N–H and O–H groups in total. The number of hydrogen-bond acceptors (Lipinski definition) is 13. The number of furan rings is 1. The quantitative estimate of drug-likeness (QED) is 0.205. The molecule has 0 spiro atoms. The average molecular weight is 609 g/mol. The highest BCUT2D eigenvalue weighted by Crippen LogP contribution is 2.36. The van der Waals surface area contributed by atoms with Gasteiger partial charge in [-0.2, -0.15) is 4.98 Å². The first kappa shape index (κ1) is 28.0. The minimum absolute atomic E-state index is 0.0105. The van der Waals surface area contributed by atoms with Gasteiger partial charge in [0.15, 0.2) is 11.2 Å². The molecule has 43 heavy (non-hydrogen) atoms. The number of aromatic nitrogens is 4. The summed E-state index contributed by atoms with van der Waals surface area (Å²) in [6.45, 7) is 3.42. The fourth-order valence-electron chi connectivity index (χ4n) is 6.39. The van der Waals surface area contributed by atoms with Crippen molar-refractivity contribution < 1.29 is 13.9 Å². The smallest absolute Gasteiger partial charge is 0.256 e. The van der Waals surface area contributed by atoms with Crippen molar-refractivity contribution in [3.8, 4) is 0 Å². The number of piperidine rings is 1. The number of morpholine rings is 1. The van der Waals surface area contributed by atoms with Gasteiger partial charge in [-0.15, -0.1) is 21.5 Å². The molecule has 3 aliphatic rings. The predicted molar refractivity (Wildman–Crippen MR) is 164 cm³/mol. The maximum absolute atomic E-state index is 12.9. The van der Waals surface area contributed by atoms with Gasteiger partial charge in [0.25, 0.3) is 5.91 Å². The van der Waals surface area contributed by atoms with Gasteiger partial charge in [0.05, 0.1) is 29.2 Å². The maximum Gasteiger partial charge on any atom is 0.256 e. The molecule has 0 radical (unpaired) electrons. The van der Waals surface area contributed by atoms with Gasteiger partial charge in [-0.3, -0.25) is 14.0 Å². The fraction of sp³-hybridized carbons (Fsp3) is 0.536. The van der Waals surface area contributed by atoms with Gasteiger partial charge < -0.3 is 41.5 Å². The molecule has 4 aromatic heterocycles. The van der Waals surface area contributed by atoms with Crippen LogP contribution in [0.1, 0.15) is 60.5 Å². The van der Waals surface area contributed by atoms with Crippen molar-refractivity contribution in [2.45, 2.75) is 62.7 Å². The Kier molecular flexibility index (Phi) is 7.63. The SMILES string of the molecule is NC(=O)c1c(NC2CCC(c3coc4c(=O)cc(N5CCOCC5)sc34)NC2)nc(N[C@H]2CCCC[C@H]2N)n2cnnc12. The highest BCUT2D eigenvalue weighted by Gasteiger charge is 2.30. The predicted octanol–water partition coefficient (Wildman–Crippen LogP) is 1.81. The van der Waals surface area contributed by atoms with Gasteiger partial charge in [0.1, 0.15) is 17.7 Å². The van der Waals surface area contributed by atoms with Crippen molar-refractivity contribution in [2.75, 3.05) is 48.4 Å². The summed E-state index contributed by atoms with van der Waals surface area (Å²) >= 11 is 1.59. The van der Waals surface area contributed by atoms with Crippen molar-refractivity contribution in [2.24, 2.45) is 11.5 Å². The Bertz CT molecular complexity index is 1690. The largest absolute Gasteiger partial charge is 0.459 e. The zero-order valence-corrected chi connectivity index (χ0v) is 24.6. The summed E-state index contributed by atoms with van der Waals surface area (Å²) in [5.41, 5.74) is 14.0. The number of nitrogens with two attached hydrogens (primary N) is 2. The number of nitrogens with one attached hydrogen (secondary N) is 3. The van der Waals surface area contributed by atoms with Crippen LogP contribution in [0.2, 0.25) is 0 Å². The summed E-state index contributed by atoms with van der Waals surface area (Å²) in [5, 5.41) is 19.7. The molecular formula is C28H36N10O4S. The molecule has 2 aliphatic heterocycles. The van der Waals surface area contributed by atoms with Crippen LogP contribution in [0.25, 0.3) is 15.9 Å². The molecule has 228 valence electrons. The summed E-state index contributed by atoms with van der Waals surface area (Å²) in [6, 6.07) is 1.72. The van der Waals surface area contributed by atoms with E-state index in [0.717, 1.165) is 66.9 Å². The molecule has 7 rings (SSSR count). The van der Waals surface area contributed by atoms with Crippen molar-refractivity contribution in [1.82, 2.24) is 24.9 Å². The minimum atomic E-state index is -0.633. The van der Waals surface area contributed by atoms with Gasteiger partial charge in [0, 0.05) is 55.4 Å². The van der Waals surface area contributed by atoms with Gasteiger partial charge in [0.2, 0.25) is 11.4 Å². The molecule has 2 saturated heterocycles. The number of anilines is 3. The molecule has 0 bridgehead atoms. The molecule has 3 fully saturated rings. The van der Waals surface area contributed by atoms with E-state index in [4.69, 9.17) is 25.6 Å². The first-order valence-corrected chi connectivity index (χ1v) is 15.7. The third-order valence-electron chi connectivity index (χ3n) is 8.74. The summed E-state index contributed by atoms with van der Waals surface area (Å²) < 4.78 is 13.8. The van der Waals surface area contributed by atoms with E-state index in [1.54, 1.807) is 28.1 Å². The van der Waals surface area contributed by atoms with Gasteiger partial charge in [-0.25, -0.2) is 0 Å². The number of nitrogens with zero attached hydrogens (tertiary/aromatic N) is 5. The molecule has 0 aromatic carbocycles. The molecular weight excluding hydrogens is 572 g/mol. The molecule has 2 unspecified atom stereocenters. The van der Waals surface area contributed by atoms with E-state index in [1.807, 2.05) is 0 Å². The van der Waals surface area contributed by atoms with Crippen molar-refractivity contribution in [3.63, 3.8) is 0 Å². The molecule has 1 saturated carbocycles. The lowest BCUT2D eigenvalue weighted by Crippen LogP contribution is -2.43. The standard InChI is InChI=1S/C28H36N10O4S/c29-17-3-1-2-4-19(17)34-28-35-26(22(25(30)40)27-36-32-14-38(27)28)33-15-5-6-18(31-12-15)16-13-42-23-20(39)11-21(43-24(16)23)37-7-9-41-10-8-37/h11,13-15,17-19,31,33H,1-10,12,29H2,(H2,30,40)(H,34,35)/t15?,17-,18?,19+/m1/s1. The molecule has 14 nitrogen and oxygen atoms in total. The van der Waals surface area contributed by atoms with E-state index in [1.165, 1.54) is 6.33 Å². The lowest BCUT2D eigenvalue weighted by Gasteiger charge is -2.32. The van der Waals surface area contributed by atoms with Gasteiger partial charge in [-0.1, -0.05) is 12.8 Å². The maximum atomic E-state index is 12.9. The van der Waals surface area contributed by atoms with Gasteiger partial charge in [-0.05, 0) is 25.7 Å². The molecule has 6 heterocycles.